The Morgan fingerprint density at radius 3 is 1.75 bits per heavy atom. The van der Waals surface area contributed by atoms with Crippen LogP contribution in [0, 0.1) is 0 Å². The highest BCUT2D eigenvalue weighted by Gasteiger charge is 2.09. The molecule has 1 unspecified atom stereocenters. The van der Waals surface area contributed by atoms with Crippen molar-refractivity contribution >= 4 is 12.6 Å². The Bertz CT molecular complexity index is 63.4. The Morgan fingerprint density at radius 2 is 1.75 bits per heavy atom. The van der Waals surface area contributed by atoms with Gasteiger partial charge in [-0.1, -0.05) is 0 Å². The van der Waals surface area contributed by atoms with E-state index in [-0.39, 0.29) is 10.9 Å². The fourth-order valence-electron chi connectivity index (χ4n) is 0.627. The molecule has 50 valence electrons. The van der Waals surface area contributed by atoms with Crippen molar-refractivity contribution in [2.45, 2.75) is 38.6 Å². The van der Waals surface area contributed by atoms with Crippen LogP contribution in [0.1, 0.15) is 27.7 Å². The maximum absolute atomic E-state index is 4.18. The molecular weight excluding hydrogens is 118 g/mol. The summed E-state index contributed by atoms with van der Waals surface area (Å²) in [5, 5.41) is 3.53. The average molecular weight is 133 g/mol. The molecule has 0 bridgehead atoms. The van der Waals surface area contributed by atoms with E-state index in [1.165, 1.54) is 0 Å². The van der Waals surface area contributed by atoms with Gasteiger partial charge in [0, 0.05) is 10.9 Å². The molecule has 1 N–H and O–H groups in total. The van der Waals surface area contributed by atoms with Crippen LogP contribution >= 0.6 is 12.6 Å². The van der Waals surface area contributed by atoms with Crippen molar-refractivity contribution in [1.82, 2.24) is 5.32 Å². The van der Waals surface area contributed by atoms with Crippen LogP contribution in [-0.2, 0) is 0 Å². The van der Waals surface area contributed by atoms with Crippen molar-refractivity contribution in [2.24, 2.45) is 0 Å². The predicted molar refractivity (Wildman–Crippen MR) is 41.3 cm³/mol. The summed E-state index contributed by atoms with van der Waals surface area (Å²) >= 11 is 4.18. The molecule has 0 saturated heterocycles. The van der Waals surface area contributed by atoms with Crippen molar-refractivity contribution < 1.29 is 0 Å². The zero-order valence-corrected chi connectivity index (χ0v) is 6.92. The van der Waals surface area contributed by atoms with Gasteiger partial charge in [0.1, 0.15) is 0 Å². The molecule has 0 aromatic rings. The smallest absolute Gasteiger partial charge is 0.0477 e. The van der Waals surface area contributed by atoms with E-state index in [2.05, 4.69) is 38.7 Å². The molecule has 8 heavy (non-hydrogen) atoms. The van der Waals surface area contributed by atoms with Gasteiger partial charge in [0.15, 0.2) is 0 Å². The summed E-state index contributed by atoms with van der Waals surface area (Å²) in [5.74, 6) is 0. The number of hydrogen-bond acceptors (Lipinski definition) is 2. The molecule has 0 amide bonds. The predicted octanol–water partition coefficient (Wildman–Crippen LogP) is 1.65. The van der Waals surface area contributed by atoms with Crippen molar-refractivity contribution in [2.75, 3.05) is 0 Å². The Labute approximate surface area is 57.3 Å². The van der Waals surface area contributed by atoms with Gasteiger partial charge in [-0.3, -0.25) is 0 Å². The average Bonchev–Trinajstić information content (AvgIpc) is 1.21. The Hall–Kier alpha value is 0.310. The Balaban J connectivity index is 3.39. The maximum Gasteiger partial charge on any atom is 0.0477 e. The number of rotatable bonds is 1. The molecule has 1 atom stereocenters. The van der Waals surface area contributed by atoms with Crippen LogP contribution in [0.2, 0.25) is 0 Å². The van der Waals surface area contributed by atoms with Crippen LogP contribution in [0.25, 0.3) is 0 Å². The van der Waals surface area contributed by atoms with Crippen molar-refractivity contribution in [1.29, 1.82) is 0 Å². The van der Waals surface area contributed by atoms with Crippen LogP contribution in [0.4, 0.5) is 0 Å². The highest BCUT2D eigenvalue weighted by Crippen LogP contribution is 2.01. The molecule has 0 aliphatic heterocycles. The molecule has 0 aliphatic rings. The third kappa shape index (κ3) is 6.31. The Kier molecular flexibility index (Phi) is 2.84. The first-order chi connectivity index (χ1) is 3.42. The summed E-state index contributed by atoms with van der Waals surface area (Å²) in [6, 6.07) is 0. The molecule has 0 aliphatic carbocycles. The minimum absolute atomic E-state index is 0.196. The third-order valence-electron chi connectivity index (χ3n) is 0.642. The lowest BCUT2D eigenvalue weighted by Crippen LogP contribution is -2.39. The van der Waals surface area contributed by atoms with E-state index in [9.17, 15) is 0 Å². The molecule has 2 heteroatoms. The number of nitrogens with one attached hydrogen (secondary N) is 1. The first-order valence-corrected chi connectivity index (χ1v) is 3.39. The van der Waals surface area contributed by atoms with Crippen LogP contribution < -0.4 is 5.32 Å². The monoisotopic (exact) mass is 133 g/mol. The van der Waals surface area contributed by atoms with Gasteiger partial charge < -0.3 is 5.32 Å². The normalized spacial score (nSPS) is 16.1. The van der Waals surface area contributed by atoms with E-state index in [0.717, 1.165) is 0 Å². The van der Waals surface area contributed by atoms with Gasteiger partial charge in [-0.15, -0.1) is 0 Å². The number of thiol groups is 1. The SMILES string of the molecule is CC(S)NC(C)(C)C. The molecule has 0 fully saturated rings. The highest BCUT2D eigenvalue weighted by atomic mass is 32.1. The molecule has 0 heterocycles. The molecular formula is C6H15NS. The molecule has 0 spiro atoms. The lowest BCUT2D eigenvalue weighted by Gasteiger charge is -2.22. The van der Waals surface area contributed by atoms with E-state index in [1.807, 2.05) is 6.92 Å². The summed E-state index contributed by atoms with van der Waals surface area (Å²) in [6.45, 7) is 8.40. The van der Waals surface area contributed by atoms with Crippen molar-refractivity contribution in [3.8, 4) is 0 Å². The Morgan fingerprint density at radius 1 is 1.38 bits per heavy atom. The first kappa shape index (κ1) is 8.31. The van der Waals surface area contributed by atoms with Crippen LogP contribution in [0.5, 0.6) is 0 Å². The van der Waals surface area contributed by atoms with Crippen LogP contribution in [0.15, 0.2) is 0 Å². The third-order valence-corrected chi connectivity index (χ3v) is 0.771. The van der Waals surface area contributed by atoms with Crippen molar-refractivity contribution in [3.05, 3.63) is 0 Å². The van der Waals surface area contributed by atoms with Crippen LogP contribution in [0.3, 0.4) is 0 Å². The molecule has 0 radical (unpaired) electrons. The number of hydrogen-bond donors (Lipinski definition) is 2. The fraction of sp³-hybridized carbons (Fsp3) is 1.00. The van der Waals surface area contributed by atoms with E-state index >= 15 is 0 Å². The summed E-state index contributed by atoms with van der Waals surface area (Å²) in [5.41, 5.74) is 0.196. The van der Waals surface area contributed by atoms with E-state index in [1.54, 1.807) is 0 Å². The summed E-state index contributed by atoms with van der Waals surface area (Å²) in [6.07, 6.45) is 0. The topological polar surface area (TPSA) is 12.0 Å². The quantitative estimate of drug-likeness (QED) is 0.409. The molecule has 0 rings (SSSR count). The second-order valence-electron chi connectivity index (χ2n) is 3.07. The zero-order chi connectivity index (χ0) is 6.78. The standard InChI is InChI=1S/C6H15NS/c1-5(8)7-6(2,3)4/h5,7-8H,1-4H3. The largest absolute Gasteiger partial charge is 0.301 e. The summed E-state index contributed by atoms with van der Waals surface area (Å²) < 4.78 is 0. The lowest BCUT2D eigenvalue weighted by molar-refractivity contribution is 0.425. The summed E-state index contributed by atoms with van der Waals surface area (Å²) in [4.78, 5) is 0. The van der Waals surface area contributed by atoms with Gasteiger partial charge in [0.05, 0.1) is 0 Å². The van der Waals surface area contributed by atoms with Gasteiger partial charge in [-0.25, -0.2) is 0 Å². The molecule has 0 aromatic heterocycles. The van der Waals surface area contributed by atoms with Gasteiger partial charge in [-0.2, -0.15) is 12.6 Å². The van der Waals surface area contributed by atoms with Crippen molar-refractivity contribution in [3.63, 3.8) is 0 Å². The van der Waals surface area contributed by atoms with Gasteiger partial charge in [0.2, 0.25) is 0 Å². The molecule has 0 aromatic carbocycles. The molecule has 1 nitrogen and oxygen atoms in total. The van der Waals surface area contributed by atoms with Gasteiger partial charge >= 0.3 is 0 Å². The minimum Gasteiger partial charge on any atom is -0.301 e. The van der Waals surface area contributed by atoms with Crippen LogP contribution in [-0.4, -0.2) is 10.9 Å². The highest BCUT2D eigenvalue weighted by molar-refractivity contribution is 7.80. The fourth-order valence-corrected chi connectivity index (χ4v) is 1.01. The lowest BCUT2D eigenvalue weighted by atomic mass is 10.1. The maximum atomic E-state index is 4.18. The molecule has 0 saturated carbocycles. The zero-order valence-electron chi connectivity index (χ0n) is 6.02. The first-order valence-electron chi connectivity index (χ1n) is 2.87. The second kappa shape index (κ2) is 2.74. The summed E-state index contributed by atoms with van der Waals surface area (Å²) in [7, 11) is 0. The van der Waals surface area contributed by atoms with Gasteiger partial charge in [-0.05, 0) is 27.7 Å². The second-order valence-corrected chi connectivity index (χ2v) is 3.84. The van der Waals surface area contributed by atoms with E-state index < -0.39 is 0 Å². The minimum atomic E-state index is 0.196. The van der Waals surface area contributed by atoms with E-state index in [4.69, 9.17) is 0 Å². The van der Waals surface area contributed by atoms with E-state index in [0.29, 0.717) is 0 Å². The van der Waals surface area contributed by atoms with Gasteiger partial charge in [0.25, 0.3) is 0 Å².